The van der Waals surface area contributed by atoms with Crippen LogP contribution in [0.4, 0.5) is 10.1 Å². The Morgan fingerprint density at radius 1 is 1.14 bits per heavy atom. The highest BCUT2D eigenvalue weighted by Crippen LogP contribution is 2.48. The highest BCUT2D eigenvalue weighted by Gasteiger charge is 2.47. The number of aromatic nitrogens is 2. The average molecular weight is 574 g/mol. The van der Waals surface area contributed by atoms with Gasteiger partial charge in [0.15, 0.2) is 0 Å². The molecule has 1 spiro atoms. The smallest absolute Gasteiger partial charge is 0.277 e. The fourth-order valence-electron chi connectivity index (χ4n) is 5.16. The van der Waals surface area contributed by atoms with Crippen LogP contribution in [0.5, 0.6) is 5.88 Å². The standard InChI is InChI=1S/C26H23BrClFN4O3/c1-15-9-17(27)13-30-23(15)25(35)33-14-26(19-12-18(29)3-4-20(19)33)5-7-32(8-6-26)24(34)16-10-21(28)31-22(11-16)36-2/h3-4,9-13H,5-8,14H2,1-2H3. The lowest BCUT2D eigenvalue weighted by atomic mass is 9.74. The number of hydrogen-bond donors (Lipinski definition) is 0. The number of hydrogen-bond acceptors (Lipinski definition) is 5. The summed E-state index contributed by atoms with van der Waals surface area (Å²) in [5.74, 6) is -0.475. The van der Waals surface area contributed by atoms with Gasteiger partial charge in [-0.05, 0) is 77.2 Å². The van der Waals surface area contributed by atoms with Crippen LogP contribution in [0.3, 0.4) is 0 Å². The first kappa shape index (κ1) is 24.6. The number of likely N-dealkylation sites (tertiary alicyclic amines) is 1. The van der Waals surface area contributed by atoms with Crippen LogP contribution in [-0.2, 0) is 5.41 Å². The van der Waals surface area contributed by atoms with Crippen molar-refractivity contribution in [2.24, 2.45) is 0 Å². The summed E-state index contributed by atoms with van der Waals surface area (Å²) in [5, 5.41) is 0.178. The van der Waals surface area contributed by atoms with Crippen LogP contribution in [0, 0.1) is 12.7 Å². The molecule has 3 aromatic rings. The van der Waals surface area contributed by atoms with Crippen LogP contribution >= 0.6 is 27.5 Å². The van der Waals surface area contributed by atoms with E-state index < -0.39 is 5.41 Å². The SMILES string of the molecule is COc1cc(C(=O)N2CCC3(CC2)CN(C(=O)c2ncc(Br)cc2C)c2ccc(F)cc23)cc(Cl)n1. The van der Waals surface area contributed by atoms with Gasteiger partial charge in [0.05, 0.1) is 7.11 Å². The number of piperidine rings is 1. The molecule has 36 heavy (non-hydrogen) atoms. The minimum Gasteiger partial charge on any atom is -0.481 e. The molecular weight excluding hydrogens is 551 g/mol. The van der Waals surface area contributed by atoms with Crippen molar-refractivity contribution in [2.45, 2.75) is 25.2 Å². The third kappa shape index (κ3) is 4.35. The Hall–Kier alpha value is -3.04. The molecule has 4 heterocycles. The summed E-state index contributed by atoms with van der Waals surface area (Å²) in [7, 11) is 1.46. The van der Waals surface area contributed by atoms with Crippen molar-refractivity contribution in [1.82, 2.24) is 14.9 Å². The topological polar surface area (TPSA) is 75.6 Å². The summed E-state index contributed by atoms with van der Waals surface area (Å²) in [6, 6.07) is 9.49. The van der Waals surface area contributed by atoms with E-state index in [9.17, 15) is 14.0 Å². The molecule has 0 saturated carbocycles. The number of carbonyl (C=O) groups excluding carboxylic acids is 2. The molecule has 7 nitrogen and oxygen atoms in total. The van der Waals surface area contributed by atoms with Crippen LogP contribution in [0.25, 0.3) is 0 Å². The molecule has 1 aromatic carbocycles. The zero-order chi connectivity index (χ0) is 25.6. The van der Waals surface area contributed by atoms with Gasteiger partial charge in [-0.3, -0.25) is 9.59 Å². The van der Waals surface area contributed by atoms with Gasteiger partial charge in [0, 0.05) is 53.0 Å². The van der Waals surface area contributed by atoms with E-state index in [4.69, 9.17) is 16.3 Å². The van der Waals surface area contributed by atoms with Crippen molar-refractivity contribution in [3.8, 4) is 5.88 Å². The molecule has 0 radical (unpaired) electrons. The van der Waals surface area contributed by atoms with E-state index in [1.807, 2.05) is 13.0 Å². The predicted molar refractivity (Wildman–Crippen MR) is 137 cm³/mol. The number of benzene rings is 1. The maximum Gasteiger partial charge on any atom is 0.277 e. The van der Waals surface area contributed by atoms with Gasteiger partial charge in [-0.2, -0.15) is 0 Å². The fraction of sp³-hybridized carbons (Fsp3) is 0.308. The summed E-state index contributed by atoms with van der Waals surface area (Å²) >= 11 is 9.44. The zero-order valence-corrected chi connectivity index (χ0v) is 22.1. The summed E-state index contributed by atoms with van der Waals surface area (Å²) in [6.07, 6.45) is 2.77. The van der Waals surface area contributed by atoms with Gasteiger partial charge < -0.3 is 14.5 Å². The Labute approximate surface area is 221 Å². The summed E-state index contributed by atoms with van der Waals surface area (Å²) in [6.45, 7) is 3.15. The number of nitrogens with zero attached hydrogens (tertiary/aromatic N) is 4. The maximum atomic E-state index is 14.4. The Bertz CT molecular complexity index is 1380. The number of ether oxygens (including phenoxy) is 1. The predicted octanol–water partition coefficient (Wildman–Crippen LogP) is 5.18. The number of aryl methyl sites for hydroxylation is 1. The summed E-state index contributed by atoms with van der Waals surface area (Å²) in [4.78, 5) is 38.6. The van der Waals surface area contributed by atoms with Gasteiger partial charge in [0.25, 0.3) is 11.8 Å². The Kier molecular flexibility index (Phi) is 6.46. The third-order valence-corrected chi connectivity index (χ3v) is 7.64. The first-order valence-corrected chi connectivity index (χ1v) is 12.6. The quantitative estimate of drug-likeness (QED) is 0.404. The molecule has 2 amide bonds. The molecular formula is C26H23BrClFN4O3. The van der Waals surface area contributed by atoms with Gasteiger partial charge in [-0.25, -0.2) is 14.4 Å². The van der Waals surface area contributed by atoms with Gasteiger partial charge >= 0.3 is 0 Å². The molecule has 1 fully saturated rings. The first-order valence-electron chi connectivity index (χ1n) is 11.5. The van der Waals surface area contributed by atoms with E-state index in [2.05, 4.69) is 25.9 Å². The molecule has 5 rings (SSSR count). The lowest BCUT2D eigenvalue weighted by Gasteiger charge is -2.40. The number of amides is 2. The summed E-state index contributed by atoms with van der Waals surface area (Å²) in [5.41, 5.74) is 2.55. The Morgan fingerprint density at radius 3 is 2.58 bits per heavy atom. The van der Waals surface area contributed by atoms with Gasteiger partial charge in [0.1, 0.15) is 16.7 Å². The highest BCUT2D eigenvalue weighted by molar-refractivity contribution is 9.10. The number of halogens is 3. The van der Waals surface area contributed by atoms with E-state index in [1.165, 1.54) is 25.3 Å². The number of pyridine rings is 2. The Morgan fingerprint density at radius 2 is 1.89 bits per heavy atom. The fourth-order valence-corrected chi connectivity index (χ4v) is 5.81. The lowest BCUT2D eigenvalue weighted by molar-refractivity contribution is 0.0670. The zero-order valence-electron chi connectivity index (χ0n) is 19.7. The second kappa shape index (κ2) is 9.44. The normalized spacial score (nSPS) is 16.2. The number of methoxy groups -OCH3 is 1. The molecule has 1 saturated heterocycles. The van der Waals surface area contributed by atoms with Crippen LogP contribution < -0.4 is 9.64 Å². The van der Waals surface area contributed by atoms with E-state index in [-0.39, 0.29) is 28.7 Å². The van der Waals surface area contributed by atoms with Crippen molar-refractivity contribution in [3.63, 3.8) is 0 Å². The van der Waals surface area contributed by atoms with E-state index in [1.54, 1.807) is 28.1 Å². The van der Waals surface area contributed by atoms with Crippen LogP contribution in [-0.4, -0.2) is 53.4 Å². The van der Waals surface area contributed by atoms with Crippen molar-refractivity contribution in [2.75, 3.05) is 31.6 Å². The Balaban J connectivity index is 1.41. The number of anilines is 1. The molecule has 0 atom stereocenters. The molecule has 186 valence electrons. The average Bonchev–Trinajstić information content (AvgIpc) is 3.16. The second-order valence-corrected chi connectivity index (χ2v) is 10.5. The van der Waals surface area contributed by atoms with Gasteiger partial charge in [-0.15, -0.1) is 0 Å². The highest BCUT2D eigenvalue weighted by atomic mass is 79.9. The second-order valence-electron chi connectivity index (χ2n) is 9.17. The minimum absolute atomic E-state index is 0.174. The lowest BCUT2D eigenvalue weighted by Crippen LogP contribution is -2.48. The molecule has 2 aliphatic rings. The van der Waals surface area contributed by atoms with E-state index >= 15 is 0 Å². The maximum absolute atomic E-state index is 14.4. The van der Waals surface area contributed by atoms with Crippen molar-refractivity contribution >= 4 is 45.0 Å². The van der Waals surface area contributed by atoms with E-state index in [0.29, 0.717) is 49.4 Å². The molecule has 0 aliphatic carbocycles. The molecule has 0 N–H and O–H groups in total. The first-order chi connectivity index (χ1) is 17.2. The van der Waals surface area contributed by atoms with Crippen molar-refractivity contribution in [3.05, 3.63) is 80.4 Å². The number of carbonyl (C=O) groups is 2. The number of fused-ring (bicyclic) bond motifs is 2. The number of rotatable bonds is 3. The molecule has 2 aliphatic heterocycles. The minimum atomic E-state index is -0.458. The van der Waals surface area contributed by atoms with Gasteiger partial charge in [0.2, 0.25) is 5.88 Å². The largest absolute Gasteiger partial charge is 0.481 e. The van der Waals surface area contributed by atoms with Crippen LogP contribution in [0.1, 0.15) is 44.8 Å². The van der Waals surface area contributed by atoms with Crippen LogP contribution in [0.15, 0.2) is 47.1 Å². The molecule has 2 aromatic heterocycles. The molecule has 0 unspecified atom stereocenters. The molecule has 0 bridgehead atoms. The van der Waals surface area contributed by atoms with Crippen LogP contribution in [0.2, 0.25) is 5.15 Å². The summed E-state index contributed by atoms with van der Waals surface area (Å²) < 4.78 is 20.3. The third-order valence-electron chi connectivity index (χ3n) is 7.01. The molecule has 10 heteroatoms. The van der Waals surface area contributed by atoms with Crippen molar-refractivity contribution < 1.29 is 18.7 Å². The van der Waals surface area contributed by atoms with Crippen molar-refractivity contribution in [1.29, 1.82) is 0 Å². The monoisotopic (exact) mass is 572 g/mol. The van der Waals surface area contributed by atoms with E-state index in [0.717, 1.165) is 15.6 Å². The van der Waals surface area contributed by atoms with Gasteiger partial charge in [-0.1, -0.05) is 11.6 Å².